The molecule has 1 aliphatic rings. The molecule has 0 radical (unpaired) electrons. The summed E-state index contributed by atoms with van der Waals surface area (Å²) in [6.07, 6.45) is 2.08. The Kier molecular flexibility index (Phi) is 3.79. The summed E-state index contributed by atoms with van der Waals surface area (Å²) < 4.78 is 4.27. The van der Waals surface area contributed by atoms with E-state index in [0.29, 0.717) is 11.8 Å². The molecule has 1 aromatic rings. The highest BCUT2D eigenvalue weighted by Crippen LogP contribution is 2.39. The molecule has 1 amide bonds. The Bertz CT molecular complexity index is 496. The second-order valence-electron chi connectivity index (χ2n) is 4.87. The number of nitrogens with one attached hydrogen (secondary N) is 1. The third-order valence-corrected chi connectivity index (χ3v) is 4.00. The van der Waals surface area contributed by atoms with E-state index in [2.05, 4.69) is 15.5 Å². The minimum Gasteiger partial charge on any atom is -0.480 e. The maximum atomic E-state index is 11.6. The molecule has 19 heavy (non-hydrogen) atoms. The number of hydrogen-bond acceptors (Lipinski definition) is 6. The van der Waals surface area contributed by atoms with Crippen LogP contribution in [-0.2, 0) is 9.59 Å². The van der Waals surface area contributed by atoms with E-state index < -0.39 is 10.7 Å². The van der Waals surface area contributed by atoms with Crippen LogP contribution in [0.5, 0.6) is 0 Å². The van der Waals surface area contributed by atoms with Crippen molar-refractivity contribution in [2.24, 2.45) is 0 Å². The van der Waals surface area contributed by atoms with Gasteiger partial charge in [-0.3, -0.25) is 14.9 Å². The Labute approximate surface area is 114 Å². The van der Waals surface area contributed by atoms with Gasteiger partial charge in [0.15, 0.2) is 0 Å². The molecule has 1 saturated carbocycles. The topological polar surface area (TPSA) is 105 Å². The number of carbonyl (C=O) groups is 2. The molecule has 1 aromatic heterocycles. The van der Waals surface area contributed by atoms with Gasteiger partial charge in [-0.1, -0.05) is 5.10 Å². The fourth-order valence-corrected chi connectivity index (χ4v) is 1.93. The minimum atomic E-state index is -1.01. The largest absolute Gasteiger partial charge is 0.480 e. The van der Waals surface area contributed by atoms with E-state index in [0.717, 1.165) is 24.6 Å². The smallest absolute Gasteiger partial charge is 0.322 e. The molecule has 1 aliphatic carbocycles. The molecule has 0 bridgehead atoms. The highest BCUT2D eigenvalue weighted by Gasteiger charge is 2.30. The van der Waals surface area contributed by atoms with Crippen molar-refractivity contribution in [3.8, 4) is 0 Å². The van der Waals surface area contributed by atoms with Crippen LogP contribution in [-0.4, -0.2) is 37.7 Å². The van der Waals surface area contributed by atoms with Crippen molar-refractivity contribution >= 4 is 29.7 Å². The Morgan fingerprint density at radius 2 is 2.16 bits per heavy atom. The summed E-state index contributed by atoms with van der Waals surface area (Å²) in [5.74, 6) is -0.419. The lowest BCUT2D eigenvalue weighted by Gasteiger charge is -2.17. The average Bonchev–Trinajstić information content (AvgIpc) is 3.08. The van der Waals surface area contributed by atoms with E-state index in [-0.39, 0.29) is 17.7 Å². The van der Waals surface area contributed by atoms with Crippen LogP contribution in [0.1, 0.15) is 38.5 Å². The minimum absolute atomic E-state index is 0.0143. The molecule has 104 valence electrons. The first kappa shape index (κ1) is 13.9. The number of thioether (sulfide) groups is 1. The number of nitrogens with zero attached hydrogens (tertiary/aromatic N) is 2. The normalized spacial score (nSPS) is 15.3. The number of hydrogen-bond donors (Lipinski definition) is 2. The lowest BCUT2D eigenvalue weighted by molar-refractivity contribution is -0.138. The van der Waals surface area contributed by atoms with E-state index in [1.807, 2.05) is 0 Å². The summed E-state index contributed by atoms with van der Waals surface area (Å²) >= 11 is 1.04. The van der Waals surface area contributed by atoms with Gasteiger partial charge in [0.25, 0.3) is 0 Å². The zero-order chi connectivity index (χ0) is 14.0. The van der Waals surface area contributed by atoms with Crippen LogP contribution >= 0.6 is 11.8 Å². The molecule has 1 heterocycles. The number of carboxylic acids is 1. The summed E-state index contributed by atoms with van der Waals surface area (Å²) in [5.41, 5.74) is 0. The number of aromatic nitrogens is 2. The van der Waals surface area contributed by atoms with Gasteiger partial charge in [-0.25, -0.2) is 0 Å². The highest BCUT2D eigenvalue weighted by atomic mass is 32.2. The van der Waals surface area contributed by atoms with Gasteiger partial charge in [-0.05, 0) is 26.7 Å². The van der Waals surface area contributed by atoms with E-state index in [1.165, 1.54) is 0 Å². The van der Waals surface area contributed by atoms with E-state index in [1.54, 1.807) is 13.8 Å². The van der Waals surface area contributed by atoms with Crippen molar-refractivity contribution in [2.75, 3.05) is 11.1 Å². The summed E-state index contributed by atoms with van der Waals surface area (Å²) in [6.45, 7) is 3.09. The van der Waals surface area contributed by atoms with Crippen LogP contribution in [0.3, 0.4) is 0 Å². The average molecular weight is 285 g/mol. The first-order valence-electron chi connectivity index (χ1n) is 5.89. The molecule has 2 rings (SSSR count). The lowest BCUT2D eigenvalue weighted by Crippen LogP contribution is -2.29. The van der Waals surface area contributed by atoms with E-state index >= 15 is 0 Å². The number of amides is 1. The van der Waals surface area contributed by atoms with Gasteiger partial charge >= 0.3 is 12.0 Å². The van der Waals surface area contributed by atoms with Crippen LogP contribution in [0.4, 0.5) is 6.01 Å². The molecule has 0 unspecified atom stereocenters. The molecule has 8 heteroatoms. The van der Waals surface area contributed by atoms with Gasteiger partial charge in [-0.2, -0.15) is 0 Å². The van der Waals surface area contributed by atoms with Crippen molar-refractivity contribution in [2.45, 2.75) is 37.4 Å². The molecule has 2 N–H and O–H groups in total. The second-order valence-corrected chi connectivity index (χ2v) is 6.47. The summed E-state index contributed by atoms with van der Waals surface area (Å²) in [5, 5.41) is 18.9. The Morgan fingerprint density at radius 3 is 2.74 bits per heavy atom. The first-order chi connectivity index (χ1) is 8.88. The summed E-state index contributed by atoms with van der Waals surface area (Å²) in [6, 6.07) is 0.0700. The van der Waals surface area contributed by atoms with E-state index in [4.69, 9.17) is 9.52 Å². The SMILES string of the molecule is CC(C)(SCC(=O)Nc1nnc(C2CC2)o1)C(=O)O. The maximum Gasteiger partial charge on any atom is 0.322 e. The van der Waals surface area contributed by atoms with Crippen LogP contribution < -0.4 is 5.32 Å². The number of carbonyl (C=O) groups excluding carboxylic acids is 1. The van der Waals surface area contributed by atoms with Gasteiger partial charge in [-0.15, -0.1) is 16.9 Å². The monoisotopic (exact) mass is 285 g/mol. The van der Waals surface area contributed by atoms with Crippen molar-refractivity contribution in [1.82, 2.24) is 10.2 Å². The first-order valence-corrected chi connectivity index (χ1v) is 6.87. The fraction of sp³-hybridized carbons (Fsp3) is 0.636. The standard InChI is InChI=1S/C11H15N3O4S/c1-11(2,9(16)17)19-5-7(15)12-10-14-13-8(18-10)6-3-4-6/h6H,3-5H2,1-2H3,(H,16,17)(H,12,14,15). The molecule has 0 saturated heterocycles. The number of aliphatic carboxylic acids is 1. The number of anilines is 1. The molecule has 0 atom stereocenters. The van der Waals surface area contributed by atoms with Gasteiger partial charge in [0.1, 0.15) is 4.75 Å². The number of rotatable bonds is 6. The zero-order valence-corrected chi connectivity index (χ0v) is 11.5. The van der Waals surface area contributed by atoms with Crippen LogP contribution in [0.25, 0.3) is 0 Å². The summed E-state index contributed by atoms with van der Waals surface area (Å²) in [4.78, 5) is 22.5. The molecule has 7 nitrogen and oxygen atoms in total. The zero-order valence-electron chi connectivity index (χ0n) is 10.7. The van der Waals surface area contributed by atoms with Crippen LogP contribution in [0.15, 0.2) is 4.42 Å². The Morgan fingerprint density at radius 1 is 1.47 bits per heavy atom. The summed E-state index contributed by atoms with van der Waals surface area (Å²) in [7, 11) is 0. The second kappa shape index (κ2) is 5.20. The van der Waals surface area contributed by atoms with Gasteiger partial charge in [0.2, 0.25) is 11.8 Å². The van der Waals surface area contributed by atoms with Crippen molar-refractivity contribution in [1.29, 1.82) is 0 Å². The van der Waals surface area contributed by atoms with Crippen molar-refractivity contribution in [3.63, 3.8) is 0 Å². The highest BCUT2D eigenvalue weighted by molar-refractivity contribution is 8.02. The van der Waals surface area contributed by atoms with Crippen molar-refractivity contribution in [3.05, 3.63) is 5.89 Å². The predicted molar refractivity (Wildman–Crippen MR) is 69.1 cm³/mol. The number of carboxylic acid groups (broad SMARTS) is 1. The molecule has 0 aromatic carbocycles. The quantitative estimate of drug-likeness (QED) is 0.815. The van der Waals surface area contributed by atoms with Crippen LogP contribution in [0.2, 0.25) is 0 Å². The van der Waals surface area contributed by atoms with Crippen LogP contribution in [0, 0.1) is 0 Å². The molecular weight excluding hydrogens is 270 g/mol. The predicted octanol–water partition coefficient (Wildman–Crippen LogP) is 1.48. The van der Waals surface area contributed by atoms with Gasteiger partial charge in [0, 0.05) is 5.92 Å². The van der Waals surface area contributed by atoms with Gasteiger partial charge in [0.05, 0.1) is 5.75 Å². The van der Waals surface area contributed by atoms with Crippen molar-refractivity contribution < 1.29 is 19.1 Å². The molecular formula is C11H15N3O4S. The lowest BCUT2D eigenvalue weighted by atomic mass is 10.2. The Balaban J connectivity index is 1.81. The third-order valence-electron chi connectivity index (χ3n) is 2.69. The maximum absolute atomic E-state index is 11.6. The Hall–Kier alpha value is -1.57. The van der Waals surface area contributed by atoms with Gasteiger partial charge < -0.3 is 9.52 Å². The molecule has 1 fully saturated rings. The molecule has 0 aliphatic heterocycles. The van der Waals surface area contributed by atoms with E-state index in [9.17, 15) is 9.59 Å². The fourth-order valence-electron chi connectivity index (χ4n) is 1.24. The molecule has 0 spiro atoms. The third kappa shape index (κ3) is 3.69.